The Labute approximate surface area is 139 Å². The Morgan fingerprint density at radius 1 is 0.958 bits per heavy atom. The summed E-state index contributed by atoms with van der Waals surface area (Å²) < 4.78 is 1.83. The van der Waals surface area contributed by atoms with Gasteiger partial charge in [-0.1, -0.05) is 18.2 Å². The Morgan fingerprint density at radius 2 is 1.75 bits per heavy atom. The quantitative estimate of drug-likeness (QED) is 0.784. The molecule has 1 fully saturated rings. The zero-order chi connectivity index (χ0) is 16.4. The zero-order valence-corrected chi connectivity index (χ0v) is 13.2. The van der Waals surface area contributed by atoms with Crippen LogP contribution in [-0.4, -0.2) is 51.7 Å². The van der Waals surface area contributed by atoms with Crippen LogP contribution < -0.4 is 10.2 Å². The van der Waals surface area contributed by atoms with Crippen LogP contribution >= 0.6 is 0 Å². The van der Waals surface area contributed by atoms with E-state index in [2.05, 4.69) is 20.3 Å². The van der Waals surface area contributed by atoms with Gasteiger partial charge in [-0.2, -0.15) is 9.61 Å². The molecule has 2 amide bonds. The van der Waals surface area contributed by atoms with Crippen LogP contribution in [0, 0.1) is 0 Å². The molecule has 0 bridgehead atoms. The molecule has 7 nitrogen and oxygen atoms in total. The van der Waals surface area contributed by atoms with E-state index in [1.54, 1.807) is 12.4 Å². The molecular formula is C17H18N6O. The largest absolute Gasteiger partial charge is 0.353 e. The maximum atomic E-state index is 12.4. The van der Waals surface area contributed by atoms with E-state index < -0.39 is 0 Å². The standard InChI is InChI=1S/C17H18N6O/c24-17(20-14-4-2-1-3-5-14)22-12-10-21(11-13-22)16-7-8-18-15-6-9-19-23(15)16/h1-9H,10-13H2,(H,20,24). The molecule has 1 saturated heterocycles. The molecule has 0 saturated carbocycles. The third-order valence-corrected chi connectivity index (χ3v) is 4.19. The van der Waals surface area contributed by atoms with E-state index in [0.29, 0.717) is 13.1 Å². The monoisotopic (exact) mass is 322 g/mol. The summed E-state index contributed by atoms with van der Waals surface area (Å²) in [6, 6.07) is 13.3. The summed E-state index contributed by atoms with van der Waals surface area (Å²) >= 11 is 0. The van der Waals surface area contributed by atoms with Crippen LogP contribution in [0.1, 0.15) is 0 Å². The average molecular weight is 322 g/mol. The third kappa shape index (κ3) is 2.76. The molecule has 122 valence electrons. The molecule has 3 heterocycles. The topological polar surface area (TPSA) is 65.8 Å². The Kier molecular flexibility index (Phi) is 3.74. The number of carbonyl (C=O) groups excluding carboxylic acids is 1. The second-order valence-corrected chi connectivity index (χ2v) is 5.67. The molecule has 1 aromatic carbocycles. The van der Waals surface area contributed by atoms with Crippen molar-refractivity contribution >= 4 is 23.2 Å². The van der Waals surface area contributed by atoms with Crippen LogP contribution in [0.2, 0.25) is 0 Å². The van der Waals surface area contributed by atoms with Crippen LogP contribution in [0.15, 0.2) is 54.9 Å². The van der Waals surface area contributed by atoms with Crippen LogP contribution in [0.25, 0.3) is 5.65 Å². The van der Waals surface area contributed by atoms with Gasteiger partial charge in [-0.15, -0.1) is 0 Å². The molecule has 0 aliphatic carbocycles. The van der Waals surface area contributed by atoms with Gasteiger partial charge < -0.3 is 15.1 Å². The van der Waals surface area contributed by atoms with Crippen LogP contribution in [0.4, 0.5) is 16.3 Å². The first-order valence-electron chi connectivity index (χ1n) is 7.96. The van der Waals surface area contributed by atoms with Crippen molar-refractivity contribution < 1.29 is 4.79 Å². The summed E-state index contributed by atoms with van der Waals surface area (Å²) in [6.45, 7) is 2.87. The molecule has 0 atom stereocenters. The molecule has 1 N–H and O–H groups in total. The number of benzene rings is 1. The van der Waals surface area contributed by atoms with Gasteiger partial charge in [0, 0.05) is 44.1 Å². The summed E-state index contributed by atoms with van der Waals surface area (Å²) in [5, 5.41) is 7.26. The highest BCUT2D eigenvalue weighted by molar-refractivity contribution is 5.89. The Morgan fingerprint density at radius 3 is 2.54 bits per heavy atom. The predicted molar refractivity (Wildman–Crippen MR) is 92.2 cm³/mol. The number of fused-ring (bicyclic) bond motifs is 1. The Bertz CT molecular complexity index is 838. The number of nitrogens with one attached hydrogen (secondary N) is 1. The number of amides is 2. The van der Waals surface area contributed by atoms with E-state index >= 15 is 0 Å². The highest BCUT2D eigenvalue weighted by Gasteiger charge is 2.22. The van der Waals surface area contributed by atoms with Crippen LogP contribution in [0.3, 0.4) is 0 Å². The van der Waals surface area contributed by atoms with Gasteiger partial charge in [0.25, 0.3) is 0 Å². The zero-order valence-electron chi connectivity index (χ0n) is 13.2. The molecule has 0 spiro atoms. The molecule has 2 aromatic heterocycles. The van der Waals surface area contributed by atoms with Crippen molar-refractivity contribution in [2.24, 2.45) is 0 Å². The maximum Gasteiger partial charge on any atom is 0.321 e. The normalized spacial score (nSPS) is 14.8. The van der Waals surface area contributed by atoms with Crippen molar-refractivity contribution in [3.8, 4) is 0 Å². The van der Waals surface area contributed by atoms with Crippen molar-refractivity contribution in [3.05, 3.63) is 54.9 Å². The number of hydrogen-bond donors (Lipinski definition) is 1. The van der Waals surface area contributed by atoms with E-state index in [-0.39, 0.29) is 6.03 Å². The van der Waals surface area contributed by atoms with Crippen molar-refractivity contribution in [3.63, 3.8) is 0 Å². The molecular weight excluding hydrogens is 304 g/mol. The van der Waals surface area contributed by atoms with Gasteiger partial charge in [0.2, 0.25) is 0 Å². The summed E-state index contributed by atoms with van der Waals surface area (Å²) in [4.78, 5) is 20.7. The van der Waals surface area contributed by atoms with Gasteiger partial charge in [0.1, 0.15) is 5.82 Å². The number of nitrogens with zero attached hydrogens (tertiary/aromatic N) is 5. The van der Waals surface area contributed by atoms with E-state index in [9.17, 15) is 4.79 Å². The molecule has 24 heavy (non-hydrogen) atoms. The summed E-state index contributed by atoms with van der Waals surface area (Å²) in [6.07, 6.45) is 3.54. The Hall–Kier alpha value is -3.09. The fourth-order valence-electron chi connectivity index (χ4n) is 2.92. The number of carbonyl (C=O) groups is 1. The molecule has 0 unspecified atom stereocenters. The third-order valence-electron chi connectivity index (χ3n) is 4.19. The summed E-state index contributed by atoms with van der Waals surface area (Å²) in [5.74, 6) is 1.01. The fraction of sp³-hybridized carbons (Fsp3) is 0.235. The smallest absolute Gasteiger partial charge is 0.321 e. The van der Waals surface area contributed by atoms with Crippen molar-refractivity contribution in [2.75, 3.05) is 36.4 Å². The highest BCUT2D eigenvalue weighted by atomic mass is 16.2. The lowest BCUT2D eigenvalue weighted by Gasteiger charge is -2.35. The fourth-order valence-corrected chi connectivity index (χ4v) is 2.92. The van der Waals surface area contributed by atoms with Crippen LogP contribution in [0.5, 0.6) is 0 Å². The van der Waals surface area contributed by atoms with Crippen LogP contribution in [-0.2, 0) is 0 Å². The number of rotatable bonds is 2. The molecule has 7 heteroatoms. The minimum Gasteiger partial charge on any atom is -0.353 e. The van der Waals surface area contributed by atoms with Gasteiger partial charge >= 0.3 is 6.03 Å². The van der Waals surface area contributed by atoms with Crippen molar-refractivity contribution in [1.82, 2.24) is 19.5 Å². The molecule has 3 aromatic rings. The first-order chi connectivity index (χ1) is 11.8. The van der Waals surface area contributed by atoms with E-state index in [1.807, 2.05) is 51.9 Å². The molecule has 0 radical (unpaired) electrons. The molecule has 1 aliphatic heterocycles. The number of urea groups is 1. The first kappa shape index (κ1) is 14.5. The minimum atomic E-state index is -0.0557. The first-order valence-corrected chi connectivity index (χ1v) is 7.96. The lowest BCUT2D eigenvalue weighted by molar-refractivity contribution is 0.208. The molecule has 4 rings (SSSR count). The summed E-state index contributed by atoms with van der Waals surface area (Å²) in [7, 11) is 0. The lowest BCUT2D eigenvalue weighted by atomic mass is 10.3. The van der Waals surface area contributed by atoms with E-state index in [0.717, 1.165) is 30.2 Å². The van der Waals surface area contributed by atoms with Gasteiger partial charge in [0.15, 0.2) is 5.65 Å². The highest BCUT2D eigenvalue weighted by Crippen LogP contribution is 2.17. The number of piperazine rings is 1. The minimum absolute atomic E-state index is 0.0557. The predicted octanol–water partition coefficient (Wildman–Crippen LogP) is 2.08. The second kappa shape index (κ2) is 6.19. The average Bonchev–Trinajstić information content (AvgIpc) is 3.11. The van der Waals surface area contributed by atoms with Gasteiger partial charge in [0.05, 0.1) is 6.20 Å². The van der Waals surface area contributed by atoms with Gasteiger partial charge in [-0.3, -0.25) is 0 Å². The number of hydrogen-bond acceptors (Lipinski definition) is 4. The SMILES string of the molecule is O=C(Nc1ccccc1)N1CCN(c2ccnc3ccnn23)CC1. The van der Waals surface area contributed by atoms with Crippen molar-refractivity contribution in [2.45, 2.75) is 0 Å². The second-order valence-electron chi connectivity index (χ2n) is 5.67. The lowest BCUT2D eigenvalue weighted by Crippen LogP contribution is -2.50. The number of para-hydroxylation sites is 1. The molecule has 1 aliphatic rings. The van der Waals surface area contributed by atoms with Crippen molar-refractivity contribution in [1.29, 1.82) is 0 Å². The van der Waals surface area contributed by atoms with E-state index in [1.165, 1.54) is 0 Å². The maximum absolute atomic E-state index is 12.4. The Balaban J connectivity index is 1.41. The number of aromatic nitrogens is 3. The summed E-state index contributed by atoms with van der Waals surface area (Å²) in [5.41, 5.74) is 1.65. The number of anilines is 2. The van der Waals surface area contributed by atoms with Gasteiger partial charge in [-0.05, 0) is 18.2 Å². The van der Waals surface area contributed by atoms with Gasteiger partial charge in [-0.25, -0.2) is 9.78 Å². The van der Waals surface area contributed by atoms with E-state index in [4.69, 9.17) is 0 Å².